The molecule has 0 bridgehead atoms. The van der Waals surface area contributed by atoms with Crippen molar-refractivity contribution in [2.75, 3.05) is 11.9 Å². The number of rotatable bonds is 0. The summed E-state index contributed by atoms with van der Waals surface area (Å²) in [6.45, 7) is 5.35. The van der Waals surface area contributed by atoms with E-state index in [-0.39, 0.29) is 4.75 Å². The fourth-order valence-electron chi connectivity index (χ4n) is 1.27. The van der Waals surface area contributed by atoms with Crippen LogP contribution in [0.1, 0.15) is 13.8 Å². The summed E-state index contributed by atoms with van der Waals surface area (Å²) in [4.78, 5) is 5.16. The highest BCUT2D eigenvalue weighted by Crippen LogP contribution is 2.44. The summed E-state index contributed by atoms with van der Waals surface area (Å²) in [5, 5.41) is 4.06. The van der Waals surface area contributed by atoms with Gasteiger partial charge in [0.05, 0.1) is 21.8 Å². The van der Waals surface area contributed by atoms with Crippen LogP contribution in [0.3, 0.4) is 0 Å². The molecular weight excluding hydrogens is 204 g/mol. The van der Waals surface area contributed by atoms with Crippen LogP contribution in [0.4, 0.5) is 5.69 Å². The van der Waals surface area contributed by atoms with Crippen molar-refractivity contribution in [3.8, 4) is 0 Å². The van der Waals surface area contributed by atoms with Crippen LogP contribution in [-0.2, 0) is 0 Å². The number of pyridine rings is 1. The minimum atomic E-state index is 0.206. The van der Waals surface area contributed by atoms with Crippen molar-refractivity contribution >= 4 is 29.1 Å². The molecule has 0 aromatic carbocycles. The van der Waals surface area contributed by atoms with Gasteiger partial charge in [-0.15, -0.1) is 11.8 Å². The van der Waals surface area contributed by atoms with Gasteiger partial charge in [0.1, 0.15) is 0 Å². The van der Waals surface area contributed by atoms with Crippen LogP contribution in [0.25, 0.3) is 0 Å². The number of nitrogens with zero attached hydrogens (tertiary/aromatic N) is 1. The second-order valence-corrected chi connectivity index (χ2v) is 5.84. The smallest absolute Gasteiger partial charge is 0.0746 e. The molecule has 4 heteroatoms. The van der Waals surface area contributed by atoms with Gasteiger partial charge in [-0.1, -0.05) is 11.6 Å². The van der Waals surface area contributed by atoms with E-state index in [1.807, 2.05) is 6.20 Å². The summed E-state index contributed by atoms with van der Waals surface area (Å²) >= 11 is 7.85. The quantitative estimate of drug-likeness (QED) is 0.719. The van der Waals surface area contributed by atoms with Crippen LogP contribution in [0, 0.1) is 0 Å². The lowest BCUT2D eigenvalue weighted by atomic mass is 10.2. The molecule has 0 saturated carbocycles. The zero-order valence-corrected chi connectivity index (χ0v) is 9.17. The van der Waals surface area contributed by atoms with Crippen molar-refractivity contribution in [1.29, 1.82) is 0 Å². The predicted octanol–water partition coefficient (Wildman–Crippen LogP) is 3.03. The Hall–Kier alpha value is -0.410. The van der Waals surface area contributed by atoms with Crippen molar-refractivity contribution in [3.05, 3.63) is 17.4 Å². The van der Waals surface area contributed by atoms with E-state index in [0.29, 0.717) is 0 Å². The molecule has 0 amide bonds. The molecule has 70 valence electrons. The highest BCUT2D eigenvalue weighted by Gasteiger charge is 2.27. The Morgan fingerprint density at radius 1 is 1.54 bits per heavy atom. The number of halogens is 1. The van der Waals surface area contributed by atoms with Gasteiger partial charge in [0.25, 0.3) is 0 Å². The maximum atomic E-state index is 6.05. The maximum Gasteiger partial charge on any atom is 0.0746 e. The summed E-state index contributed by atoms with van der Waals surface area (Å²) in [7, 11) is 0. The molecule has 1 aliphatic heterocycles. The van der Waals surface area contributed by atoms with Gasteiger partial charge in [-0.3, -0.25) is 4.98 Å². The average molecular weight is 215 g/mol. The van der Waals surface area contributed by atoms with E-state index in [0.717, 1.165) is 22.2 Å². The molecule has 1 N–H and O–H groups in total. The molecule has 0 spiro atoms. The third-order valence-electron chi connectivity index (χ3n) is 1.94. The maximum absolute atomic E-state index is 6.05. The Morgan fingerprint density at radius 3 is 3.08 bits per heavy atom. The number of nitrogens with one attached hydrogen (secondary N) is 1. The molecule has 1 aliphatic rings. The van der Waals surface area contributed by atoms with Crippen LogP contribution in [0.5, 0.6) is 0 Å². The lowest BCUT2D eigenvalue weighted by Crippen LogP contribution is -2.30. The van der Waals surface area contributed by atoms with E-state index < -0.39 is 0 Å². The van der Waals surface area contributed by atoms with E-state index in [1.165, 1.54) is 0 Å². The van der Waals surface area contributed by atoms with E-state index >= 15 is 0 Å². The summed E-state index contributed by atoms with van der Waals surface area (Å²) in [6, 6.07) is 0. The Morgan fingerprint density at radius 2 is 2.31 bits per heavy atom. The monoisotopic (exact) mass is 214 g/mol. The van der Waals surface area contributed by atoms with Crippen molar-refractivity contribution in [2.45, 2.75) is 23.5 Å². The van der Waals surface area contributed by atoms with Crippen LogP contribution in [-0.4, -0.2) is 16.3 Å². The number of aromatic nitrogens is 1. The Balaban J connectivity index is 2.44. The predicted molar refractivity (Wildman–Crippen MR) is 57.7 cm³/mol. The van der Waals surface area contributed by atoms with Gasteiger partial charge < -0.3 is 5.32 Å². The second-order valence-electron chi connectivity index (χ2n) is 3.71. The van der Waals surface area contributed by atoms with E-state index in [4.69, 9.17) is 11.6 Å². The molecule has 2 heterocycles. The largest absolute Gasteiger partial charge is 0.381 e. The number of hydrogen-bond donors (Lipinski definition) is 1. The standard InChI is InChI=1S/C9H11ClN2S/c1-9(2)5-12-7-4-11-3-6(10)8(7)13-9/h3-4,12H,5H2,1-2H3. The van der Waals surface area contributed by atoms with Crippen molar-refractivity contribution < 1.29 is 0 Å². The molecule has 0 unspecified atom stereocenters. The summed E-state index contributed by atoms with van der Waals surface area (Å²) in [5.74, 6) is 0. The summed E-state index contributed by atoms with van der Waals surface area (Å²) < 4.78 is 0.206. The van der Waals surface area contributed by atoms with E-state index in [2.05, 4.69) is 24.1 Å². The van der Waals surface area contributed by atoms with E-state index in [9.17, 15) is 0 Å². The van der Waals surface area contributed by atoms with Crippen molar-refractivity contribution in [2.24, 2.45) is 0 Å². The van der Waals surface area contributed by atoms with E-state index in [1.54, 1.807) is 18.0 Å². The molecule has 2 nitrogen and oxygen atoms in total. The Kier molecular flexibility index (Phi) is 2.16. The third-order valence-corrected chi connectivity index (χ3v) is 3.68. The van der Waals surface area contributed by atoms with Crippen LogP contribution >= 0.6 is 23.4 Å². The molecule has 0 saturated heterocycles. The highest BCUT2D eigenvalue weighted by molar-refractivity contribution is 8.01. The molecule has 13 heavy (non-hydrogen) atoms. The first-order chi connectivity index (χ1) is 6.08. The first-order valence-corrected chi connectivity index (χ1v) is 5.34. The minimum absolute atomic E-state index is 0.206. The topological polar surface area (TPSA) is 24.9 Å². The SMILES string of the molecule is CC1(C)CNc2cncc(Cl)c2S1. The number of thioether (sulfide) groups is 1. The molecule has 0 atom stereocenters. The minimum Gasteiger partial charge on any atom is -0.381 e. The van der Waals surface area contributed by atoms with Gasteiger partial charge in [-0.25, -0.2) is 0 Å². The lowest BCUT2D eigenvalue weighted by molar-refractivity contribution is 0.738. The zero-order chi connectivity index (χ0) is 9.47. The fraction of sp³-hybridized carbons (Fsp3) is 0.444. The van der Waals surface area contributed by atoms with Gasteiger partial charge >= 0.3 is 0 Å². The molecule has 1 aromatic rings. The molecule has 0 radical (unpaired) electrons. The molecule has 0 aliphatic carbocycles. The van der Waals surface area contributed by atoms with Crippen LogP contribution in [0.2, 0.25) is 5.02 Å². The van der Waals surface area contributed by atoms with Gasteiger partial charge in [0.15, 0.2) is 0 Å². The summed E-state index contributed by atoms with van der Waals surface area (Å²) in [5.41, 5.74) is 1.05. The zero-order valence-electron chi connectivity index (χ0n) is 7.60. The molecule has 2 rings (SSSR count). The molecule has 0 fully saturated rings. The van der Waals surface area contributed by atoms with Crippen LogP contribution in [0.15, 0.2) is 17.3 Å². The third kappa shape index (κ3) is 1.76. The van der Waals surface area contributed by atoms with Gasteiger partial charge in [-0.2, -0.15) is 0 Å². The number of anilines is 1. The van der Waals surface area contributed by atoms with Gasteiger partial charge in [0, 0.05) is 17.5 Å². The Labute approximate surface area is 87.1 Å². The Bertz CT molecular complexity index is 338. The van der Waals surface area contributed by atoms with Crippen molar-refractivity contribution in [1.82, 2.24) is 4.98 Å². The van der Waals surface area contributed by atoms with Crippen LogP contribution < -0.4 is 5.32 Å². The van der Waals surface area contributed by atoms with Gasteiger partial charge in [-0.05, 0) is 13.8 Å². The number of fused-ring (bicyclic) bond motifs is 1. The first-order valence-electron chi connectivity index (χ1n) is 4.15. The normalized spacial score (nSPS) is 19.0. The average Bonchev–Trinajstić information content (AvgIpc) is 2.06. The van der Waals surface area contributed by atoms with Crippen molar-refractivity contribution in [3.63, 3.8) is 0 Å². The first kappa shape index (κ1) is 9.16. The molecule has 1 aromatic heterocycles. The second kappa shape index (κ2) is 3.07. The summed E-state index contributed by atoms with van der Waals surface area (Å²) in [6.07, 6.45) is 3.51. The fourth-order valence-corrected chi connectivity index (χ4v) is 2.63. The number of hydrogen-bond acceptors (Lipinski definition) is 3. The lowest BCUT2D eigenvalue weighted by Gasteiger charge is -2.31. The molecular formula is C9H11ClN2S. The van der Waals surface area contributed by atoms with Gasteiger partial charge in [0.2, 0.25) is 0 Å². The highest BCUT2D eigenvalue weighted by atomic mass is 35.5.